The second-order valence-electron chi connectivity index (χ2n) is 7.64. The first-order chi connectivity index (χ1) is 15.9. The monoisotopic (exact) mass is 443 g/mol. The minimum absolute atomic E-state index is 0.131. The number of carbonyl (C=O) groups excluding carboxylic acids is 3. The lowest BCUT2D eigenvalue weighted by Gasteiger charge is -2.15. The Morgan fingerprint density at radius 3 is 2.12 bits per heavy atom. The molecule has 0 fully saturated rings. The average molecular weight is 443 g/mol. The highest BCUT2D eigenvalue weighted by Crippen LogP contribution is 2.31. The van der Waals surface area contributed by atoms with Crippen LogP contribution in [-0.2, 0) is 20.8 Å². The Balaban J connectivity index is 1.63. The van der Waals surface area contributed by atoms with Crippen LogP contribution in [0.4, 0.5) is 15.8 Å². The summed E-state index contributed by atoms with van der Waals surface area (Å²) in [6.45, 7) is 1.64. The topological polar surface area (TPSA) is 78.5 Å². The van der Waals surface area contributed by atoms with Gasteiger partial charge < -0.3 is 10.6 Å². The van der Waals surface area contributed by atoms with Gasteiger partial charge in [-0.1, -0.05) is 42.5 Å². The normalized spacial score (nSPS) is 13.5. The SMILES string of the molecule is CC(=O)Nc1ccc(NC2=C(c3ccc(F)cc3)C(=O)N(CCc3ccccc3)C2=O)cc1. The summed E-state index contributed by atoms with van der Waals surface area (Å²) in [6, 6.07) is 21.9. The predicted molar refractivity (Wildman–Crippen MR) is 125 cm³/mol. The standard InChI is InChI=1S/C26H22FN3O3/c1-17(31)28-21-11-13-22(14-12-21)29-24-23(19-7-9-20(27)10-8-19)25(32)30(26(24)33)16-15-18-5-3-2-4-6-18/h2-14,29H,15-16H2,1H3,(H,28,31). The largest absolute Gasteiger partial charge is 0.350 e. The molecule has 0 bridgehead atoms. The number of imide groups is 1. The second kappa shape index (κ2) is 9.48. The maximum absolute atomic E-state index is 13.5. The van der Waals surface area contributed by atoms with Crippen LogP contribution in [0.5, 0.6) is 0 Å². The molecule has 0 spiro atoms. The summed E-state index contributed by atoms with van der Waals surface area (Å²) < 4.78 is 13.5. The summed E-state index contributed by atoms with van der Waals surface area (Å²) >= 11 is 0. The predicted octanol–water partition coefficient (Wildman–Crippen LogP) is 4.22. The van der Waals surface area contributed by atoms with E-state index in [9.17, 15) is 18.8 Å². The van der Waals surface area contributed by atoms with Gasteiger partial charge >= 0.3 is 0 Å². The number of benzene rings is 3. The molecular weight excluding hydrogens is 421 g/mol. The first-order valence-corrected chi connectivity index (χ1v) is 10.5. The highest BCUT2D eigenvalue weighted by Gasteiger charge is 2.38. The van der Waals surface area contributed by atoms with Gasteiger partial charge in [-0.25, -0.2) is 4.39 Å². The van der Waals surface area contributed by atoms with Crippen LogP contribution in [0.3, 0.4) is 0 Å². The fraction of sp³-hybridized carbons (Fsp3) is 0.115. The molecule has 6 nitrogen and oxygen atoms in total. The molecule has 1 aliphatic rings. The minimum atomic E-state index is -0.443. The number of rotatable bonds is 7. The van der Waals surface area contributed by atoms with Gasteiger partial charge in [-0.05, 0) is 53.9 Å². The average Bonchev–Trinajstić information content (AvgIpc) is 3.03. The molecule has 0 radical (unpaired) electrons. The van der Waals surface area contributed by atoms with Crippen LogP contribution in [0.15, 0.2) is 84.6 Å². The van der Waals surface area contributed by atoms with Crippen molar-refractivity contribution in [2.75, 3.05) is 17.2 Å². The van der Waals surface area contributed by atoms with E-state index in [0.717, 1.165) is 5.56 Å². The summed E-state index contributed by atoms with van der Waals surface area (Å²) in [6.07, 6.45) is 0.522. The lowest BCUT2D eigenvalue weighted by atomic mass is 10.0. The molecule has 4 rings (SSSR count). The third kappa shape index (κ3) is 4.98. The van der Waals surface area contributed by atoms with E-state index in [1.165, 1.54) is 36.1 Å². The highest BCUT2D eigenvalue weighted by atomic mass is 19.1. The molecule has 0 unspecified atom stereocenters. The van der Waals surface area contributed by atoms with Crippen molar-refractivity contribution in [3.8, 4) is 0 Å². The maximum Gasteiger partial charge on any atom is 0.278 e. The zero-order chi connectivity index (χ0) is 23.4. The Kier molecular flexibility index (Phi) is 6.31. The Bertz CT molecular complexity index is 1220. The van der Waals surface area contributed by atoms with Gasteiger partial charge in [0.05, 0.1) is 5.57 Å². The molecular formula is C26H22FN3O3. The van der Waals surface area contributed by atoms with E-state index in [1.807, 2.05) is 30.3 Å². The van der Waals surface area contributed by atoms with Crippen LogP contribution >= 0.6 is 0 Å². The minimum Gasteiger partial charge on any atom is -0.350 e. The van der Waals surface area contributed by atoms with Gasteiger partial charge in [0.1, 0.15) is 11.5 Å². The summed E-state index contributed by atoms with van der Waals surface area (Å²) in [7, 11) is 0. The molecule has 2 N–H and O–H groups in total. The Hall–Kier alpha value is -4.26. The molecule has 0 aromatic heterocycles. The molecule has 0 aliphatic carbocycles. The van der Waals surface area contributed by atoms with E-state index in [2.05, 4.69) is 10.6 Å². The van der Waals surface area contributed by atoms with Gasteiger partial charge in [0.25, 0.3) is 11.8 Å². The summed E-state index contributed by atoms with van der Waals surface area (Å²) in [5, 5.41) is 5.73. The fourth-order valence-electron chi connectivity index (χ4n) is 3.65. The second-order valence-corrected chi connectivity index (χ2v) is 7.64. The van der Waals surface area contributed by atoms with Crippen molar-refractivity contribution < 1.29 is 18.8 Å². The molecule has 1 heterocycles. The lowest BCUT2D eigenvalue weighted by molar-refractivity contribution is -0.136. The Morgan fingerprint density at radius 2 is 1.48 bits per heavy atom. The van der Waals surface area contributed by atoms with Crippen molar-refractivity contribution >= 4 is 34.7 Å². The van der Waals surface area contributed by atoms with Crippen LogP contribution in [0.2, 0.25) is 0 Å². The first-order valence-electron chi connectivity index (χ1n) is 10.5. The number of hydrogen-bond donors (Lipinski definition) is 2. The molecule has 0 saturated carbocycles. The van der Waals surface area contributed by atoms with Crippen LogP contribution in [0.25, 0.3) is 5.57 Å². The van der Waals surface area contributed by atoms with Crippen molar-refractivity contribution in [3.63, 3.8) is 0 Å². The summed E-state index contributed by atoms with van der Waals surface area (Å²) in [4.78, 5) is 39.0. The molecule has 3 amide bonds. The van der Waals surface area contributed by atoms with Crippen molar-refractivity contribution in [1.29, 1.82) is 0 Å². The van der Waals surface area contributed by atoms with E-state index in [1.54, 1.807) is 24.3 Å². The summed E-state index contributed by atoms with van der Waals surface area (Å²) in [5.74, 6) is -1.50. The van der Waals surface area contributed by atoms with Crippen molar-refractivity contribution in [1.82, 2.24) is 4.90 Å². The molecule has 1 aliphatic heterocycles. The van der Waals surface area contributed by atoms with Gasteiger partial charge in [0, 0.05) is 24.8 Å². The van der Waals surface area contributed by atoms with E-state index in [4.69, 9.17) is 0 Å². The summed E-state index contributed by atoms with van der Waals surface area (Å²) in [5.41, 5.74) is 2.97. The van der Waals surface area contributed by atoms with Crippen molar-refractivity contribution in [2.24, 2.45) is 0 Å². The number of nitrogens with one attached hydrogen (secondary N) is 2. The van der Waals surface area contributed by atoms with Gasteiger partial charge in [0.2, 0.25) is 5.91 Å². The lowest BCUT2D eigenvalue weighted by Crippen LogP contribution is -2.34. The third-order valence-corrected chi connectivity index (χ3v) is 5.24. The van der Waals surface area contributed by atoms with Gasteiger partial charge in [-0.2, -0.15) is 0 Å². The Labute approximate surface area is 190 Å². The smallest absolute Gasteiger partial charge is 0.278 e. The third-order valence-electron chi connectivity index (χ3n) is 5.24. The van der Waals surface area contributed by atoms with E-state index >= 15 is 0 Å². The van der Waals surface area contributed by atoms with Gasteiger partial charge in [0.15, 0.2) is 0 Å². The van der Waals surface area contributed by atoms with Crippen LogP contribution in [0, 0.1) is 5.82 Å². The quantitative estimate of drug-likeness (QED) is 0.536. The van der Waals surface area contributed by atoms with Crippen LogP contribution in [0.1, 0.15) is 18.1 Å². The molecule has 7 heteroatoms. The van der Waals surface area contributed by atoms with Crippen LogP contribution in [-0.4, -0.2) is 29.2 Å². The van der Waals surface area contributed by atoms with Gasteiger partial charge in [-0.3, -0.25) is 19.3 Å². The maximum atomic E-state index is 13.5. The molecule has 3 aromatic carbocycles. The van der Waals surface area contributed by atoms with E-state index in [0.29, 0.717) is 23.4 Å². The van der Waals surface area contributed by atoms with E-state index in [-0.39, 0.29) is 23.7 Å². The molecule has 33 heavy (non-hydrogen) atoms. The molecule has 0 saturated heterocycles. The number of carbonyl (C=O) groups is 3. The fourth-order valence-corrected chi connectivity index (χ4v) is 3.65. The molecule has 166 valence electrons. The molecule has 3 aromatic rings. The van der Waals surface area contributed by atoms with Crippen molar-refractivity contribution in [2.45, 2.75) is 13.3 Å². The Morgan fingerprint density at radius 1 is 0.848 bits per heavy atom. The zero-order valence-electron chi connectivity index (χ0n) is 18.0. The van der Waals surface area contributed by atoms with E-state index < -0.39 is 17.6 Å². The zero-order valence-corrected chi connectivity index (χ0v) is 18.0. The highest BCUT2D eigenvalue weighted by molar-refractivity contribution is 6.36. The number of halogens is 1. The number of hydrogen-bond acceptors (Lipinski definition) is 4. The number of anilines is 2. The van der Waals surface area contributed by atoms with Gasteiger partial charge in [-0.15, -0.1) is 0 Å². The van der Waals surface area contributed by atoms with Crippen LogP contribution < -0.4 is 10.6 Å². The van der Waals surface area contributed by atoms with Crippen molar-refractivity contribution in [3.05, 3.63) is 102 Å². The first kappa shape index (κ1) is 22.0. The number of nitrogens with zero attached hydrogens (tertiary/aromatic N) is 1. The molecule has 0 atom stereocenters. The number of amides is 3.